The van der Waals surface area contributed by atoms with Crippen LogP contribution in [0.4, 0.5) is 5.69 Å². The molecular formula is C19H24N4O6S2. The molecule has 0 aliphatic carbocycles. The number of thiophene rings is 1. The van der Waals surface area contributed by atoms with Crippen LogP contribution in [-0.2, 0) is 21.2 Å². The molecule has 1 N–H and O–H groups in total. The van der Waals surface area contributed by atoms with E-state index in [0.29, 0.717) is 19.6 Å². The van der Waals surface area contributed by atoms with Gasteiger partial charge in [0.2, 0.25) is 15.9 Å². The molecule has 1 aliphatic heterocycles. The average Bonchev–Trinajstić information content (AvgIpc) is 3.27. The van der Waals surface area contributed by atoms with E-state index in [1.54, 1.807) is 11.3 Å². The molecule has 1 aromatic carbocycles. The van der Waals surface area contributed by atoms with Crippen LogP contribution in [-0.4, -0.2) is 74.8 Å². The highest BCUT2D eigenvalue weighted by Crippen LogP contribution is 2.30. The largest absolute Gasteiger partial charge is 0.490 e. The van der Waals surface area contributed by atoms with Gasteiger partial charge in [0.05, 0.1) is 23.5 Å². The van der Waals surface area contributed by atoms with Gasteiger partial charge in [0.15, 0.2) is 5.75 Å². The lowest BCUT2D eigenvalue weighted by Gasteiger charge is -2.33. The fourth-order valence-corrected chi connectivity index (χ4v) is 5.44. The highest BCUT2D eigenvalue weighted by Gasteiger charge is 2.31. The Hall–Kier alpha value is -2.54. The SMILES string of the molecule is COc1ccc(S(=O)(=O)N2CCN(CC(=O)NCCc3cccs3)CC2)cc1[N+](=O)[O-]. The van der Waals surface area contributed by atoms with Crippen molar-refractivity contribution in [1.29, 1.82) is 0 Å². The number of methoxy groups -OCH3 is 1. The zero-order valence-corrected chi connectivity index (χ0v) is 18.7. The maximum Gasteiger partial charge on any atom is 0.312 e. The molecule has 168 valence electrons. The molecule has 31 heavy (non-hydrogen) atoms. The highest BCUT2D eigenvalue weighted by atomic mass is 32.2. The van der Waals surface area contributed by atoms with E-state index in [1.165, 1.54) is 28.4 Å². The van der Waals surface area contributed by atoms with E-state index in [9.17, 15) is 23.3 Å². The van der Waals surface area contributed by atoms with Crippen molar-refractivity contribution in [3.8, 4) is 5.75 Å². The van der Waals surface area contributed by atoms with Gasteiger partial charge < -0.3 is 10.1 Å². The summed E-state index contributed by atoms with van der Waals surface area (Å²) in [6.07, 6.45) is 0.781. The molecule has 1 aliphatic rings. The number of nitrogens with one attached hydrogen (secondary N) is 1. The molecule has 0 spiro atoms. The van der Waals surface area contributed by atoms with Crippen LogP contribution in [0.3, 0.4) is 0 Å². The summed E-state index contributed by atoms with van der Waals surface area (Å²) in [5.41, 5.74) is -0.401. The maximum atomic E-state index is 12.9. The Morgan fingerprint density at radius 3 is 2.61 bits per heavy atom. The Kier molecular flexibility index (Phi) is 7.59. The maximum absolute atomic E-state index is 12.9. The Morgan fingerprint density at radius 2 is 2.00 bits per heavy atom. The van der Waals surface area contributed by atoms with E-state index in [2.05, 4.69) is 5.32 Å². The molecule has 0 bridgehead atoms. The van der Waals surface area contributed by atoms with Crippen molar-refractivity contribution in [2.45, 2.75) is 11.3 Å². The molecular weight excluding hydrogens is 444 g/mol. The highest BCUT2D eigenvalue weighted by molar-refractivity contribution is 7.89. The third kappa shape index (κ3) is 5.79. The number of amides is 1. The molecule has 0 saturated carbocycles. The number of benzene rings is 1. The number of carbonyl (C=O) groups excluding carboxylic acids is 1. The number of nitro benzene ring substituents is 1. The number of hydrogen-bond acceptors (Lipinski definition) is 8. The van der Waals surface area contributed by atoms with Crippen LogP contribution in [0.15, 0.2) is 40.6 Å². The lowest BCUT2D eigenvalue weighted by molar-refractivity contribution is -0.386. The topological polar surface area (TPSA) is 122 Å². The van der Waals surface area contributed by atoms with Crippen LogP contribution < -0.4 is 10.1 Å². The average molecular weight is 469 g/mol. The molecule has 12 heteroatoms. The second-order valence-corrected chi connectivity index (χ2v) is 9.92. The predicted octanol–water partition coefficient (Wildman–Crippen LogP) is 1.33. The normalized spacial score (nSPS) is 15.5. The van der Waals surface area contributed by atoms with Crippen LogP contribution in [0.2, 0.25) is 0 Å². The van der Waals surface area contributed by atoms with Crippen molar-refractivity contribution >= 4 is 33.0 Å². The van der Waals surface area contributed by atoms with E-state index in [1.807, 2.05) is 22.4 Å². The minimum absolute atomic E-state index is 0.00106. The molecule has 1 saturated heterocycles. The Morgan fingerprint density at radius 1 is 1.26 bits per heavy atom. The van der Waals surface area contributed by atoms with Crippen molar-refractivity contribution in [2.24, 2.45) is 0 Å². The monoisotopic (exact) mass is 468 g/mol. The quantitative estimate of drug-likeness (QED) is 0.435. The van der Waals surface area contributed by atoms with E-state index < -0.39 is 20.6 Å². The summed E-state index contributed by atoms with van der Waals surface area (Å²) in [7, 11) is -2.60. The Labute approximate surface area is 184 Å². The number of nitro groups is 1. The van der Waals surface area contributed by atoms with Crippen LogP contribution in [0.25, 0.3) is 0 Å². The van der Waals surface area contributed by atoms with Gasteiger partial charge in [-0.05, 0) is 30.0 Å². The van der Waals surface area contributed by atoms with Crippen molar-refractivity contribution in [3.05, 3.63) is 50.7 Å². The smallest absolute Gasteiger partial charge is 0.312 e. The summed E-state index contributed by atoms with van der Waals surface area (Å²) in [6, 6.07) is 7.59. The first-order chi connectivity index (χ1) is 14.8. The van der Waals surface area contributed by atoms with E-state index in [0.717, 1.165) is 12.5 Å². The molecule has 0 atom stereocenters. The number of carbonyl (C=O) groups is 1. The number of nitrogens with zero attached hydrogens (tertiary/aromatic N) is 3. The van der Waals surface area contributed by atoms with Gasteiger partial charge in [0, 0.05) is 43.7 Å². The summed E-state index contributed by atoms with van der Waals surface area (Å²) in [5, 5.41) is 16.1. The first-order valence-corrected chi connectivity index (χ1v) is 12.0. The Balaban J connectivity index is 1.53. The van der Waals surface area contributed by atoms with Gasteiger partial charge in [-0.25, -0.2) is 8.42 Å². The summed E-state index contributed by atoms with van der Waals surface area (Å²) in [6.45, 7) is 1.96. The van der Waals surface area contributed by atoms with Gasteiger partial charge in [-0.15, -0.1) is 11.3 Å². The second kappa shape index (κ2) is 10.2. The number of ether oxygens (including phenoxy) is 1. The number of piperazine rings is 1. The van der Waals surface area contributed by atoms with Gasteiger partial charge >= 0.3 is 5.69 Å². The number of hydrogen-bond donors (Lipinski definition) is 1. The molecule has 1 aromatic heterocycles. The molecule has 1 amide bonds. The van der Waals surface area contributed by atoms with Crippen molar-refractivity contribution < 1.29 is 22.9 Å². The van der Waals surface area contributed by atoms with E-state index in [4.69, 9.17) is 4.74 Å². The molecule has 1 fully saturated rings. The van der Waals surface area contributed by atoms with Gasteiger partial charge in [0.1, 0.15) is 0 Å². The lowest BCUT2D eigenvalue weighted by atomic mass is 10.3. The standard InChI is InChI=1S/C19H24N4O6S2/c1-29-18-5-4-16(13-17(18)23(25)26)31(27,28)22-10-8-21(9-11-22)14-19(24)20-7-6-15-3-2-12-30-15/h2-5,12-13H,6-11,14H2,1H3,(H,20,24). The fourth-order valence-electron chi connectivity index (χ4n) is 3.29. The summed E-state index contributed by atoms with van der Waals surface area (Å²) < 4.78 is 32.0. The molecule has 0 unspecified atom stereocenters. The molecule has 10 nitrogen and oxygen atoms in total. The van der Waals surface area contributed by atoms with Crippen LogP contribution in [0.1, 0.15) is 4.88 Å². The van der Waals surface area contributed by atoms with Gasteiger partial charge in [-0.1, -0.05) is 6.07 Å². The molecule has 2 heterocycles. The van der Waals surface area contributed by atoms with E-state index >= 15 is 0 Å². The van der Waals surface area contributed by atoms with Crippen molar-refractivity contribution in [1.82, 2.24) is 14.5 Å². The molecule has 2 aromatic rings. The summed E-state index contributed by atoms with van der Waals surface area (Å²) in [4.78, 5) is 25.6. The second-order valence-electron chi connectivity index (χ2n) is 6.95. The minimum Gasteiger partial charge on any atom is -0.490 e. The lowest BCUT2D eigenvalue weighted by Crippen LogP contribution is -2.51. The van der Waals surface area contributed by atoms with Gasteiger partial charge in [-0.2, -0.15) is 4.31 Å². The number of sulfonamides is 1. The summed E-state index contributed by atoms with van der Waals surface area (Å²) in [5.74, 6) is -0.0995. The summed E-state index contributed by atoms with van der Waals surface area (Å²) >= 11 is 1.65. The van der Waals surface area contributed by atoms with Crippen molar-refractivity contribution in [3.63, 3.8) is 0 Å². The number of rotatable bonds is 9. The fraction of sp³-hybridized carbons (Fsp3) is 0.421. The zero-order chi connectivity index (χ0) is 22.4. The van der Waals surface area contributed by atoms with Crippen molar-refractivity contribution in [2.75, 3.05) is 46.4 Å². The predicted molar refractivity (Wildman–Crippen MR) is 116 cm³/mol. The minimum atomic E-state index is -3.89. The molecule has 0 radical (unpaired) electrons. The van der Waals surface area contributed by atoms with E-state index in [-0.39, 0.29) is 36.2 Å². The van der Waals surface area contributed by atoms with Gasteiger partial charge in [-0.3, -0.25) is 19.8 Å². The third-order valence-electron chi connectivity index (χ3n) is 4.96. The third-order valence-corrected chi connectivity index (χ3v) is 7.79. The van der Waals surface area contributed by atoms with Gasteiger partial charge in [0.25, 0.3) is 0 Å². The molecule has 3 rings (SSSR count). The Bertz CT molecular complexity index is 1020. The van der Waals surface area contributed by atoms with Crippen LogP contribution in [0, 0.1) is 10.1 Å². The van der Waals surface area contributed by atoms with Crippen LogP contribution >= 0.6 is 11.3 Å². The van der Waals surface area contributed by atoms with Crippen LogP contribution in [0.5, 0.6) is 5.75 Å². The first-order valence-electron chi connectivity index (χ1n) is 9.65. The first kappa shape index (κ1) is 23.1. The zero-order valence-electron chi connectivity index (χ0n) is 17.0.